The van der Waals surface area contributed by atoms with Crippen molar-refractivity contribution in [3.8, 4) is 5.75 Å². The number of hydrogen-bond acceptors (Lipinski definition) is 2. The van der Waals surface area contributed by atoms with Crippen molar-refractivity contribution in [3.63, 3.8) is 0 Å². The zero-order valence-electron chi connectivity index (χ0n) is 9.56. The molecule has 1 saturated carbocycles. The highest BCUT2D eigenvalue weighted by atomic mass is 16.5. The van der Waals surface area contributed by atoms with Crippen molar-refractivity contribution in [1.82, 2.24) is 0 Å². The van der Waals surface area contributed by atoms with Crippen LogP contribution in [0.5, 0.6) is 5.75 Å². The molecule has 3 heteroatoms. The first-order chi connectivity index (χ1) is 7.63. The van der Waals surface area contributed by atoms with E-state index in [9.17, 15) is 4.79 Å². The highest BCUT2D eigenvalue weighted by Gasteiger charge is 2.45. The van der Waals surface area contributed by atoms with Gasteiger partial charge in [-0.1, -0.05) is 12.1 Å². The zero-order chi connectivity index (χ0) is 11.7. The fraction of sp³-hybridized carbons (Fsp3) is 0.462. The minimum Gasteiger partial charge on any atom is -0.494 e. The number of benzene rings is 1. The van der Waals surface area contributed by atoms with Crippen LogP contribution in [-0.2, 0) is 4.79 Å². The maximum Gasteiger partial charge on any atom is 0.307 e. The summed E-state index contributed by atoms with van der Waals surface area (Å²) in [5, 5.41) is 8.92. The van der Waals surface area contributed by atoms with Gasteiger partial charge in [-0.25, -0.2) is 0 Å². The van der Waals surface area contributed by atoms with Crippen molar-refractivity contribution >= 4 is 5.97 Å². The number of hydrogen-bond donors (Lipinski definition) is 1. The summed E-state index contributed by atoms with van der Waals surface area (Å²) in [6.07, 6.45) is 0.735. The summed E-state index contributed by atoms with van der Waals surface area (Å²) >= 11 is 0. The second kappa shape index (κ2) is 4.16. The van der Waals surface area contributed by atoms with Crippen LogP contribution in [0.2, 0.25) is 0 Å². The Morgan fingerprint density at radius 3 is 2.88 bits per heavy atom. The fourth-order valence-electron chi connectivity index (χ4n) is 2.04. The first-order valence-electron chi connectivity index (χ1n) is 5.59. The van der Waals surface area contributed by atoms with Crippen molar-refractivity contribution in [2.45, 2.75) is 26.2 Å². The molecule has 0 amide bonds. The molecule has 0 heterocycles. The fourth-order valence-corrected chi connectivity index (χ4v) is 2.04. The summed E-state index contributed by atoms with van der Waals surface area (Å²) in [6.45, 7) is 4.56. The lowest BCUT2D eigenvalue weighted by atomic mass is 10.1. The van der Waals surface area contributed by atoms with E-state index in [4.69, 9.17) is 9.84 Å². The molecule has 1 aliphatic carbocycles. The van der Waals surface area contributed by atoms with Gasteiger partial charge in [0.15, 0.2) is 0 Å². The maximum absolute atomic E-state index is 10.8. The molecule has 2 unspecified atom stereocenters. The Bertz CT molecular complexity index is 412. The summed E-state index contributed by atoms with van der Waals surface area (Å²) in [6, 6.07) is 5.99. The number of rotatable bonds is 4. The normalized spacial score (nSPS) is 22.9. The van der Waals surface area contributed by atoms with Crippen LogP contribution in [0, 0.1) is 12.8 Å². The minimum absolute atomic E-state index is 0.139. The van der Waals surface area contributed by atoms with E-state index in [1.165, 1.54) is 0 Å². The average molecular weight is 220 g/mol. The molecule has 0 aromatic heterocycles. The average Bonchev–Trinajstić information content (AvgIpc) is 2.98. The smallest absolute Gasteiger partial charge is 0.307 e. The van der Waals surface area contributed by atoms with Crippen LogP contribution in [-0.4, -0.2) is 17.7 Å². The van der Waals surface area contributed by atoms with Gasteiger partial charge in [-0.3, -0.25) is 4.79 Å². The second-order valence-electron chi connectivity index (χ2n) is 4.26. The number of carbonyl (C=O) groups is 1. The number of aryl methyl sites for hydroxylation is 1. The molecular weight excluding hydrogens is 204 g/mol. The molecule has 0 aliphatic heterocycles. The molecule has 16 heavy (non-hydrogen) atoms. The lowest BCUT2D eigenvalue weighted by Crippen LogP contribution is -2.01. The number of carboxylic acids is 1. The van der Waals surface area contributed by atoms with Gasteiger partial charge >= 0.3 is 5.97 Å². The Morgan fingerprint density at radius 1 is 1.56 bits per heavy atom. The van der Waals surface area contributed by atoms with Gasteiger partial charge in [0.05, 0.1) is 12.5 Å². The third-order valence-corrected chi connectivity index (χ3v) is 2.98. The molecule has 3 nitrogen and oxygen atoms in total. The molecule has 1 aliphatic rings. The SMILES string of the molecule is CCOc1cc(C)ccc1C1CC1C(=O)O. The standard InChI is InChI=1S/C13H16O3/c1-3-16-12-6-8(2)4-5-9(12)10-7-11(10)13(14)15/h4-6,10-11H,3,7H2,1-2H3,(H,14,15). The van der Waals surface area contributed by atoms with Gasteiger partial charge in [-0.05, 0) is 37.5 Å². The highest BCUT2D eigenvalue weighted by molar-refractivity contribution is 5.75. The number of ether oxygens (including phenoxy) is 1. The summed E-state index contributed by atoms with van der Waals surface area (Å²) < 4.78 is 5.55. The Kier molecular flexibility index (Phi) is 2.86. The lowest BCUT2D eigenvalue weighted by Gasteiger charge is -2.10. The van der Waals surface area contributed by atoms with E-state index in [2.05, 4.69) is 0 Å². The molecule has 0 saturated heterocycles. The number of aliphatic carboxylic acids is 1. The Balaban J connectivity index is 2.24. The van der Waals surface area contributed by atoms with Crippen LogP contribution in [0.25, 0.3) is 0 Å². The zero-order valence-corrected chi connectivity index (χ0v) is 9.56. The molecule has 0 radical (unpaired) electrons. The first-order valence-corrected chi connectivity index (χ1v) is 5.59. The van der Waals surface area contributed by atoms with Crippen LogP contribution in [0.1, 0.15) is 30.4 Å². The highest BCUT2D eigenvalue weighted by Crippen LogP contribution is 2.50. The van der Waals surface area contributed by atoms with Gasteiger partial charge in [0.2, 0.25) is 0 Å². The van der Waals surface area contributed by atoms with E-state index >= 15 is 0 Å². The summed E-state index contributed by atoms with van der Waals surface area (Å²) in [4.78, 5) is 10.8. The third kappa shape index (κ3) is 2.03. The first kappa shape index (κ1) is 11.0. The maximum atomic E-state index is 10.8. The quantitative estimate of drug-likeness (QED) is 0.848. The van der Waals surface area contributed by atoms with Gasteiger partial charge in [-0.15, -0.1) is 0 Å². The van der Waals surface area contributed by atoms with Crippen molar-refractivity contribution < 1.29 is 14.6 Å². The van der Waals surface area contributed by atoms with Gasteiger partial charge in [-0.2, -0.15) is 0 Å². The summed E-state index contributed by atoms with van der Waals surface area (Å²) in [5.41, 5.74) is 2.18. The molecule has 1 aromatic carbocycles. The van der Waals surface area contributed by atoms with Crippen LogP contribution >= 0.6 is 0 Å². The number of carboxylic acid groups (broad SMARTS) is 1. The lowest BCUT2D eigenvalue weighted by molar-refractivity contribution is -0.138. The van der Waals surface area contributed by atoms with Crippen LogP contribution in [0.3, 0.4) is 0 Å². The van der Waals surface area contributed by atoms with E-state index in [0.29, 0.717) is 6.61 Å². The van der Waals surface area contributed by atoms with Crippen LogP contribution in [0.15, 0.2) is 18.2 Å². The molecule has 0 spiro atoms. The van der Waals surface area contributed by atoms with E-state index in [1.807, 2.05) is 32.0 Å². The van der Waals surface area contributed by atoms with Crippen molar-refractivity contribution in [2.75, 3.05) is 6.61 Å². The van der Waals surface area contributed by atoms with Crippen LogP contribution < -0.4 is 4.74 Å². The predicted molar refractivity (Wildman–Crippen MR) is 60.8 cm³/mol. The largest absolute Gasteiger partial charge is 0.494 e. The Morgan fingerprint density at radius 2 is 2.31 bits per heavy atom. The molecule has 1 N–H and O–H groups in total. The van der Waals surface area contributed by atoms with Gasteiger partial charge in [0, 0.05) is 5.92 Å². The van der Waals surface area contributed by atoms with E-state index in [-0.39, 0.29) is 11.8 Å². The molecule has 2 rings (SSSR count). The molecule has 1 aromatic rings. The summed E-state index contributed by atoms with van der Waals surface area (Å²) in [7, 11) is 0. The molecule has 2 atom stereocenters. The van der Waals surface area contributed by atoms with E-state index in [1.54, 1.807) is 0 Å². The van der Waals surface area contributed by atoms with Crippen molar-refractivity contribution in [1.29, 1.82) is 0 Å². The van der Waals surface area contributed by atoms with Gasteiger partial charge in [0.1, 0.15) is 5.75 Å². The topological polar surface area (TPSA) is 46.5 Å². The molecule has 86 valence electrons. The van der Waals surface area contributed by atoms with E-state index < -0.39 is 5.97 Å². The molecule has 1 fully saturated rings. The predicted octanol–water partition coefficient (Wildman–Crippen LogP) is 2.58. The van der Waals surface area contributed by atoms with Crippen molar-refractivity contribution in [2.24, 2.45) is 5.92 Å². The van der Waals surface area contributed by atoms with Gasteiger partial charge in [0.25, 0.3) is 0 Å². The van der Waals surface area contributed by atoms with E-state index in [0.717, 1.165) is 23.3 Å². The third-order valence-electron chi connectivity index (χ3n) is 2.98. The summed E-state index contributed by atoms with van der Waals surface area (Å²) in [5.74, 6) is 0.0610. The molecular formula is C13H16O3. The molecule has 0 bridgehead atoms. The Hall–Kier alpha value is -1.51. The second-order valence-corrected chi connectivity index (χ2v) is 4.26. The Labute approximate surface area is 95.0 Å². The van der Waals surface area contributed by atoms with Gasteiger partial charge < -0.3 is 9.84 Å². The monoisotopic (exact) mass is 220 g/mol. The van der Waals surface area contributed by atoms with Crippen molar-refractivity contribution in [3.05, 3.63) is 29.3 Å². The van der Waals surface area contributed by atoms with Crippen LogP contribution in [0.4, 0.5) is 0 Å². The minimum atomic E-state index is -0.701.